The van der Waals surface area contributed by atoms with E-state index in [2.05, 4.69) is 16.0 Å². The van der Waals surface area contributed by atoms with Crippen molar-refractivity contribution in [3.05, 3.63) is 64.7 Å². The van der Waals surface area contributed by atoms with E-state index in [0.717, 1.165) is 24.1 Å². The molecule has 3 N–H and O–H groups in total. The van der Waals surface area contributed by atoms with Gasteiger partial charge in [-0.1, -0.05) is 29.8 Å². The highest BCUT2D eigenvalue weighted by Crippen LogP contribution is 2.30. The van der Waals surface area contributed by atoms with Crippen LogP contribution in [0.4, 0.5) is 5.69 Å². The largest absolute Gasteiger partial charge is 0.348 e. The molecule has 1 unspecified atom stereocenters. The first-order valence-corrected chi connectivity index (χ1v) is 9.54. The van der Waals surface area contributed by atoms with Crippen molar-refractivity contribution >= 4 is 35.0 Å². The van der Waals surface area contributed by atoms with Crippen molar-refractivity contribution in [2.45, 2.75) is 25.8 Å². The van der Waals surface area contributed by atoms with Gasteiger partial charge in [0.25, 0.3) is 5.91 Å². The zero-order valence-corrected chi connectivity index (χ0v) is 16.3. The number of nitrogens with one attached hydrogen (secondary N) is 3. The summed E-state index contributed by atoms with van der Waals surface area (Å²) in [7, 11) is 0. The minimum Gasteiger partial charge on any atom is -0.348 e. The van der Waals surface area contributed by atoms with E-state index in [1.807, 2.05) is 31.2 Å². The van der Waals surface area contributed by atoms with Gasteiger partial charge in [0.05, 0.1) is 12.6 Å². The maximum Gasteiger partial charge on any atom is 0.251 e. The van der Waals surface area contributed by atoms with Crippen molar-refractivity contribution < 1.29 is 14.4 Å². The molecule has 0 heterocycles. The van der Waals surface area contributed by atoms with Gasteiger partial charge >= 0.3 is 0 Å². The van der Waals surface area contributed by atoms with Crippen molar-refractivity contribution in [3.8, 4) is 0 Å². The number of benzene rings is 2. The molecule has 1 aliphatic rings. The van der Waals surface area contributed by atoms with Gasteiger partial charge in [-0.15, -0.1) is 0 Å². The third-order valence-corrected chi connectivity index (χ3v) is 4.74. The fourth-order valence-electron chi connectivity index (χ4n) is 2.71. The Morgan fingerprint density at radius 2 is 1.82 bits per heavy atom. The van der Waals surface area contributed by atoms with E-state index in [-0.39, 0.29) is 36.2 Å². The molecule has 0 bridgehead atoms. The number of anilines is 1. The van der Waals surface area contributed by atoms with Gasteiger partial charge in [0.1, 0.15) is 0 Å². The van der Waals surface area contributed by atoms with Gasteiger partial charge in [0.15, 0.2) is 0 Å². The smallest absolute Gasteiger partial charge is 0.251 e. The summed E-state index contributed by atoms with van der Waals surface area (Å²) < 4.78 is 0. The first kappa shape index (κ1) is 19.9. The molecule has 0 aromatic heterocycles. The second kappa shape index (κ2) is 8.89. The molecule has 0 radical (unpaired) electrons. The molecule has 3 amide bonds. The van der Waals surface area contributed by atoms with Gasteiger partial charge in [-0.25, -0.2) is 0 Å². The molecule has 146 valence electrons. The lowest BCUT2D eigenvalue weighted by Gasteiger charge is -2.15. The molecule has 3 rings (SSSR count). The number of carbonyl (C=O) groups excluding carboxylic acids is 3. The lowest BCUT2D eigenvalue weighted by atomic mass is 10.1. The van der Waals surface area contributed by atoms with Crippen molar-refractivity contribution in [1.29, 1.82) is 0 Å². The predicted octanol–water partition coefficient (Wildman–Crippen LogP) is 3.30. The van der Waals surface area contributed by atoms with Crippen molar-refractivity contribution in [3.63, 3.8) is 0 Å². The number of amides is 3. The first-order chi connectivity index (χ1) is 13.4. The standard InChI is InChI=1S/C21H22ClN3O3/c1-13(14-7-9-18(10-8-14)25-21(28)15-5-6-15)24-19(26)12-23-20(27)16-3-2-4-17(22)11-16/h2-4,7-11,13,15H,5-6,12H2,1H3,(H,23,27)(H,24,26)(H,25,28). The monoisotopic (exact) mass is 399 g/mol. The SMILES string of the molecule is CC(NC(=O)CNC(=O)c1cccc(Cl)c1)c1ccc(NC(=O)C2CC2)cc1. The Morgan fingerprint density at radius 1 is 1.11 bits per heavy atom. The molecule has 28 heavy (non-hydrogen) atoms. The molecule has 1 aliphatic carbocycles. The summed E-state index contributed by atoms with van der Waals surface area (Å²) in [6.07, 6.45) is 1.92. The van der Waals surface area contributed by atoms with E-state index in [9.17, 15) is 14.4 Å². The minimum absolute atomic E-state index is 0.0598. The second-order valence-corrected chi connectivity index (χ2v) is 7.30. The van der Waals surface area contributed by atoms with Gasteiger partial charge in [-0.3, -0.25) is 14.4 Å². The van der Waals surface area contributed by atoms with Crippen LogP contribution in [0.2, 0.25) is 5.02 Å². The topological polar surface area (TPSA) is 87.3 Å². The molecule has 6 nitrogen and oxygen atoms in total. The fourth-order valence-corrected chi connectivity index (χ4v) is 2.90. The van der Waals surface area contributed by atoms with E-state index < -0.39 is 0 Å². The molecule has 2 aromatic carbocycles. The number of hydrogen-bond acceptors (Lipinski definition) is 3. The minimum atomic E-state index is -0.360. The summed E-state index contributed by atoms with van der Waals surface area (Å²) in [6, 6.07) is 13.6. The highest BCUT2D eigenvalue weighted by Gasteiger charge is 2.29. The average Bonchev–Trinajstić information content (AvgIpc) is 3.52. The molecule has 0 spiro atoms. The fraction of sp³-hybridized carbons (Fsp3) is 0.286. The Balaban J connectivity index is 1.46. The Morgan fingerprint density at radius 3 is 2.46 bits per heavy atom. The molecule has 1 saturated carbocycles. The first-order valence-electron chi connectivity index (χ1n) is 9.16. The van der Waals surface area contributed by atoms with Gasteiger partial charge < -0.3 is 16.0 Å². The van der Waals surface area contributed by atoms with E-state index >= 15 is 0 Å². The van der Waals surface area contributed by atoms with Crippen LogP contribution >= 0.6 is 11.6 Å². The van der Waals surface area contributed by atoms with Gasteiger partial charge in [-0.2, -0.15) is 0 Å². The van der Waals surface area contributed by atoms with Crippen LogP contribution < -0.4 is 16.0 Å². The molecule has 7 heteroatoms. The summed E-state index contributed by atoms with van der Waals surface area (Å²) in [5, 5.41) is 8.75. The third kappa shape index (κ3) is 5.57. The van der Waals surface area contributed by atoms with Crippen LogP contribution in [0, 0.1) is 5.92 Å². The third-order valence-electron chi connectivity index (χ3n) is 4.50. The normalized spacial score (nSPS) is 14.1. The van der Waals surface area contributed by atoms with E-state index in [0.29, 0.717) is 10.6 Å². The Hall–Kier alpha value is -2.86. The van der Waals surface area contributed by atoms with Crippen LogP contribution in [0.25, 0.3) is 0 Å². The number of carbonyl (C=O) groups is 3. The molecule has 2 aromatic rings. The summed E-state index contributed by atoms with van der Waals surface area (Å²) in [5.41, 5.74) is 2.05. The van der Waals surface area contributed by atoms with Crippen molar-refractivity contribution in [1.82, 2.24) is 10.6 Å². The van der Waals surface area contributed by atoms with Crippen LogP contribution in [-0.4, -0.2) is 24.3 Å². The van der Waals surface area contributed by atoms with Crippen LogP contribution in [0.1, 0.15) is 41.7 Å². The summed E-state index contributed by atoms with van der Waals surface area (Å²) in [4.78, 5) is 35.9. The van der Waals surface area contributed by atoms with Crippen LogP contribution in [0.15, 0.2) is 48.5 Å². The van der Waals surface area contributed by atoms with Crippen molar-refractivity contribution in [2.24, 2.45) is 5.92 Å². The lowest BCUT2D eigenvalue weighted by Crippen LogP contribution is -2.38. The number of rotatable bonds is 7. The molecule has 1 atom stereocenters. The summed E-state index contributed by atoms with van der Waals surface area (Å²) in [5.74, 6) is -0.445. The van der Waals surface area contributed by atoms with Crippen LogP contribution in [0.5, 0.6) is 0 Å². The number of hydrogen-bond donors (Lipinski definition) is 3. The van der Waals surface area contributed by atoms with E-state index in [1.54, 1.807) is 24.3 Å². The van der Waals surface area contributed by atoms with Gasteiger partial charge in [0, 0.05) is 22.2 Å². The van der Waals surface area contributed by atoms with Crippen LogP contribution in [-0.2, 0) is 9.59 Å². The zero-order chi connectivity index (χ0) is 20.1. The highest BCUT2D eigenvalue weighted by molar-refractivity contribution is 6.31. The Kier molecular flexibility index (Phi) is 6.31. The molecular formula is C21H22ClN3O3. The van der Waals surface area contributed by atoms with E-state index in [4.69, 9.17) is 11.6 Å². The molecule has 0 saturated heterocycles. The quantitative estimate of drug-likeness (QED) is 0.667. The second-order valence-electron chi connectivity index (χ2n) is 6.87. The average molecular weight is 400 g/mol. The van der Waals surface area contributed by atoms with E-state index in [1.165, 1.54) is 0 Å². The molecule has 0 aliphatic heterocycles. The summed E-state index contributed by atoms with van der Waals surface area (Å²) >= 11 is 5.86. The summed E-state index contributed by atoms with van der Waals surface area (Å²) in [6.45, 7) is 1.72. The van der Waals surface area contributed by atoms with Crippen LogP contribution in [0.3, 0.4) is 0 Å². The maximum absolute atomic E-state index is 12.1. The maximum atomic E-state index is 12.1. The predicted molar refractivity (Wildman–Crippen MR) is 108 cm³/mol. The number of halogens is 1. The molecule has 1 fully saturated rings. The highest BCUT2D eigenvalue weighted by atomic mass is 35.5. The van der Waals surface area contributed by atoms with Gasteiger partial charge in [0.2, 0.25) is 11.8 Å². The zero-order valence-electron chi connectivity index (χ0n) is 15.5. The molecular weight excluding hydrogens is 378 g/mol. The van der Waals surface area contributed by atoms with Gasteiger partial charge in [-0.05, 0) is 55.7 Å². The Bertz CT molecular complexity index is 879. The van der Waals surface area contributed by atoms with Crippen molar-refractivity contribution in [2.75, 3.05) is 11.9 Å². The lowest BCUT2D eigenvalue weighted by molar-refractivity contribution is -0.120. The Labute approximate surface area is 168 Å².